The van der Waals surface area contributed by atoms with E-state index in [1.54, 1.807) is 0 Å². The molecule has 0 aliphatic rings. The third kappa shape index (κ3) is 2.71. The Morgan fingerprint density at radius 2 is 2.22 bits per heavy atom. The lowest BCUT2D eigenvalue weighted by Crippen LogP contribution is -2.36. The summed E-state index contributed by atoms with van der Waals surface area (Å²) in [6.07, 6.45) is 2.89. The summed E-state index contributed by atoms with van der Waals surface area (Å²) in [6.45, 7) is 3.88. The van der Waals surface area contributed by atoms with E-state index in [-0.39, 0.29) is 0 Å². The van der Waals surface area contributed by atoms with Crippen LogP contribution in [0.25, 0.3) is 11.0 Å². The number of hydrogen-bond donors (Lipinski definition) is 1. The van der Waals surface area contributed by atoms with Gasteiger partial charge in [0.2, 0.25) is 0 Å². The van der Waals surface area contributed by atoms with Crippen LogP contribution in [0.3, 0.4) is 0 Å². The van der Waals surface area contributed by atoms with Gasteiger partial charge in [-0.1, -0.05) is 6.07 Å². The van der Waals surface area contributed by atoms with E-state index in [1.165, 1.54) is 11.1 Å². The molecule has 2 N–H and O–H groups in total. The molecule has 98 valence electrons. The summed E-state index contributed by atoms with van der Waals surface area (Å²) in [4.78, 5) is 6.68. The van der Waals surface area contributed by atoms with Gasteiger partial charge >= 0.3 is 0 Å². The van der Waals surface area contributed by atoms with Crippen LogP contribution in [-0.2, 0) is 13.5 Å². The lowest BCUT2D eigenvalue weighted by molar-refractivity contribution is 0.266. The number of benzene rings is 1. The third-order valence-electron chi connectivity index (χ3n) is 3.64. The van der Waals surface area contributed by atoms with E-state index in [2.05, 4.69) is 42.1 Å². The molecule has 1 aromatic heterocycles. The Labute approximate surface area is 108 Å². The first-order chi connectivity index (χ1) is 8.61. The maximum atomic E-state index is 5.66. The Morgan fingerprint density at radius 1 is 1.44 bits per heavy atom. The number of fused-ring (bicyclic) bond motifs is 1. The fourth-order valence-electron chi connectivity index (χ4n) is 2.04. The molecule has 2 aromatic rings. The number of imidazole rings is 1. The Hall–Kier alpha value is -1.39. The summed E-state index contributed by atoms with van der Waals surface area (Å²) in [6, 6.07) is 6.94. The van der Waals surface area contributed by atoms with Crippen LogP contribution in [0.2, 0.25) is 0 Å². The normalized spacial score (nSPS) is 13.4. The summed E-state index contributed by atoms with van der Waals surface area (Å²) < 4.78 is 2.04. The highest BCUT2D eigenvalue weighted by molar-refractivity contribution is 5.75. The minimum atomic E-state index is 0.434. The molecule has 1 aromatic carbocycles. The quantitative estimate of drug-likeness (QED) is 0.867. The van der Waals surface area contributed by atoms with Crippen LogP contribution in [0.5, 0.6) is 0 Å². The maximum Gasteiger partial charge on any atom is 0.0955 e. The highest BCUT2D eigenvalue weighted by Crippen LogP contribution is 2.14. The van der Waals surface area contributed by atoms with Crippen molar-refractivity contribution in [2.75, 3.05) is 20.1 Å². The average Bonchev–Trinajstić information content (AvgIpc) is 2.76. The minimum Gasteiger partial charge on any atom is -0.334 e. The zero-order valence-corrected chi connectivity index (χ0v) is 11.4. The Balaban J connectivity index is 2.04. The number of nitrogens with two attached hydrogens (primary N) is 1. The first kappa shape index (κ1) is 13.1. The van der Waals surface area contributed by atoms with E-state index in [0.29, 0.717) is 12.6 Å². The highest BCUT2D eigenvalue weighted by atomic mass is 15.1. The molecule has 2 rings (SSSR count). The van der Waals surface area contributed by atoms with E-state index < -0.39 is 0 Å². The second kappa shape index (κ2) is 5.50. The number of nitrogens with zero attached hydrogens (tertiary/aromatic N) is 3. The summed E-state index contributed by atoms with van der Waals surface area (Å²) in [5, 5.41) is 0. The third-order valence-corrected chi connectivity index (χ3v) is 3.64. The van der Waals surface area contributed by atoms with Gasteiger partial charge in [-0.3, -0.25) is 0 Å². The summed E-state index contributed by atoms with van der Waals surface area (Å²) in [5.41, 5.74) is 9.25. The molecule has 0 bridgehead atoms. The lowest BCUT2D eigenvalue weighted by atomic mass is 10.1. The smallest absolute Gasteiger partial charge is 0.0955 e. The second-order valence-corrected chi connectivity index (χ2v) is 4.99. The van der Waals surface area contributed by atoms with Crippen LogP contribution in [0.15, 0.2) is 24.5 Å². The molecular weight excluding hydrogens is 224 g/mol. The van der Waals surface area contributed by atoms with Gasteiger partial charge in [0.15, 0.2) is 0 Å². The van der Waals surface area contributed by atoms with Crippen molar-refractivity contribution >= 4 is 11.0 Å². The van der Waals surface area contributed by atoms with Crippen LogP contribution >= 0.6 is 0 Å². The first-order valence-electron chi connectivity index (χ1n) is 6.42. The lowest BCUT2D eigenvalue weighted by Gasteiger charge is -2.23. The van der Waals surface area contributed by atoms with Crippen molar-refractivity contribution in [3.8, 4) is 0 Å². The zero-order valence-electron chi connectivity index (χ0n) is 11.4. The summed E-state index contributed by atoms with van der Waals surface area (Å²) in [5.74, 6) is 0. The maximum absolute atomic E-state index is 5.66. The molecule has 18 heavy (non-hydrogen) atoms. The van der Waals surface area contributed by atoms with E-state index in [0.717, 1.165) is 18.5 Å². The first-order valence-corrected chi connectivity index (χ1v) is 6.42. The van der Waals surface area contributed by atoms with Gasteiger partial charge in [0.05, 0.1) is 17.4 Å². The molecule has 0 aliphatic heterocycles. The average molecular weight is 246 g/mol. The molecule has 0 amide bonds. The van der Waals surface area contributed by atoms with Crippen LogP contribution in [-0.4, -0.2) is 40.6 Å². The monoisotopic (exact) mass is 246 g/mol. The predicted molar refractivity (Wildman–Crippen MR) is 75.6 cm³/mol. The van der Waals surface area contributed by atoms with Crippen molar-refractivity contribution in [3.63, 3.8) is 0 Å². The fourth-order valence-corrected chi connectivity index (χ4v) is 2.04. The van der Waals surface area contributed by atoms with Crippen molar-refractivity contribution in [3.05, 3.63) is 30.1 Å². The van der Waals surface area contributed by atoms with E-state index >= 15 is 0 Å². The van der Waals surface area contributed by atoms with Gasteiger partial charge in [-0.15, -0.1) is 0 Å². The van der Waals surface area contributed by atoms with Gasteiger partial charge in [-0.05, 0) is 38.1 Å². The number of likely N-dealkylation sites (N-methyl/N-ethyl adjacent to an activating group) is 1. The molecule has 4 heteroatoms. The van der Waals surface area contributed by atoms with E-state index in [9.17, 15) is 0 Å². The minimum absolute atomic E-state index is 0.434. The molecule has 0 saturated carbocycles. The molecular formula is C14H22N4. The van der Waals surface area contributed by atoms with Crippen molar-refractivity contribution in [1.29, 1.82) is 0 Å². The summed E-state index contributed by atoms with van der Waals surface area (Å²) >= 11 is 0. The fraction of sp³-hybridized carbons (Fsp3) is 0.500. The molecule has 1 unspecified atom stereocenters. The Morgan fingerprint density at radius 3 is 2.94 bits per heavy atom. The van der Waals surface area contributed by atoms with Crippen LogP contribution < -0.4 is 5.73 Å². The van der Waals surface area contributed by atoms with Crippen LogP contribution in [0.1, 0.15) is 12.5 Å². The standard InChI is InChI=1S/C14H22N4/c1-11(9-15)17(2)7-6-12-4-5-14-13(8-12)16-10-18(14)3/h4-5,8,10-11H,6-7,9,15H2,1-3H3. The highest BCUT2D eigenvalue weighted by Gasteiger charge is 2.07. The number of aryl methyl sites for hydroxylation is 1. The van der Waals surface area contributed by atoms with E-state index in [4.69, 9.17) is 5.73 Å². The van der Waals surface area contributed by atoms with Crippen molar-refractivity contribution in [1.82, 2.24) is 14.5 Å². The SMILES string of the molecule is CC(CN)N(C)CCc1ccc2c(c1)ncn2C. The van der Waals surface area contributed by atoms with Crippen LogP contribution in [0, 0.1) is 0 Å². The molecule has 0 spiro atoms. The van der Waals surface area contributed by atoms with Gasteiger partial charge in [-0.2, -0.15) is 0 Å². The molecule has 0 saturated heterocycles. The van der Waals surface area contributed by atoms with Gasteiger partial charge < -0.3 is 15.2 Å². The zero-order chi connectivity index (χ0) is 13.1. The molecule has 0 aliphatic carbocycles. The Kier molecular flexibility index (Phi) is 3.99. The molecule has 1 atom stereocenters. The van der Waals surface area contributed by atoms with Crippen molar-refractivity contribution in [2.24, 2.45) is 12.8 Å². The molecule has 4 nitrogen and oxygen atoms in total. The Bertz CT molecular complexity index is 517. The van der Waals surface area contributed by atoms with Crippen molar-refractivity contribution in [2.45, 2.75) is 19.4 Å². The van der Waals surface area contributed by atoms with Gasteiger partial charge in [-0.25, -0.2) is 4.98 Å². The number of hydrogen-bond acceptors (Lipinski definition) is 3. The van der Waals surface area contributed by atoms with Crippen LogP contribution in [0.4, 0.5) is 0 Å². The second-order valence-electron chi connectivity index (χ2n) is 4.99. The van der Waals surface area contributed by atoms with Gasteiger partial charge in [0, 0.05) is 26.2 Å². The molecule has 1 heterocycles. The molecule has 0 radical (unpaired) electrons. The largest absolute Gasteiger partial charge is 0.334 e. The van der Waals surface area contributed by atoms with Gasteiger partial charge in [0.1, 0.15) is 0 Å². The van der Waals surface area contributed by atoms with Crippen molar-refractivity contribution < 1.29 is 0 Å². The van der Waals surface area contributed by atoms with E-state index in [1.807, 2.05) is 17.9 Å². The number of rotatable bonds is 5. The topological polar surface area (TPSA) is 47.1 Å². The predicted octanol–water partition coefficient (Wildman–Crippen LogP) is 1.39. The van der Waals surface area contributed by atoms with Gasteiger partial charge in [0.25, 0.3) is 0 Å². The summed E-state index contributed by atoms with van der Waals surface area (Å²) in [7, 11) is 4.14. The number of aromatic nitrogens is 2. The molecule has 0 fully saturated rings.